The van der Waals surface area contributed by atoms with Crippen LogP contribution in [-0.4, -0.2) is 40.7 Å². The summed E-state index contributed by atoms with van der Waals surface area (Å²) in [5.41, 5.74) is 2.70. The van der Waals surface area contributed by atoms with Crippen LogP contribution in [0.5, 0.6) is 0 Å². The Morgan fingerprint density at radius 1 is 1.38 bits per heavy atom. The van der Waals surface area contributed by atoms with Gasteiger partial charge < -0.3 is 20.2 Å². The Labute approximate surface area is 153 Å². The van der Waals surface area contributed by atoms with Crippen LogP contribution >= 0.6 is 0 Å². The minimum absolute atomic E-state index is 0.346. The number of pyridine rings is 1. The molecule has 0 bridgehead atoms. The first-order valence-corrected chi connectivity index (χ1v) is 8.98. The maximum atomic E-state index is 9.69. The number of hydrogen-bond donors (Lipinski definition) is 3. The molecule has 26 heavy (non-hydrogen) atoms. The smallest absolute Gasteiger partial charge is 0.146 e. The second-order valence-corrected chi connectivity index (χ2v) is 6.53. The summed E-state index contributed by atoms with van der Waals surface area (Å²) in [5.74, 6) is 2.12. The Balaban J connectivity index is 1.96. The van der Waals surface area contributed by atoms with Gasteiger partial charge in [0.2, 0.25) is 0 Å². The predicted molar refractivity (Wildman–Crippen MR) is 99.8 cm³/mol. The van der Waals surface area contributed by atoms with E-state index in [0.29, 0.717) is 24.5 Å². The minimum Gasteiger partial charge on any atom is -0.467 e. The average molecular weight is 355 g/mol. The number of anilines is 2. The van der Waals surface area contributed by atoms with Gasteiger partial charge in [-0.25, -0.2) is 4.98 Å². The molecule has 1 atom stereocenters. The van der Waals surface area contributed by atoms with Gasteiger partial charge in [-0.15, -0.1) is 0 Å². The third-order valence-electron chi connectivity index (χ3n) is 4.61. The third kappa shape index (κ3) is 3.98. The zero-order valence-electron chi connectivity index (χ0n) is 15.2. The van der Waals surface area contributed by atoms with Crippen molar-refractivity contribution in [1.82, 2.24) is 9.88 Å². The summed E-state index contributed by atoms with van der Waals surface area (Å²) in [5, 5.41) is 25.7. The van der Waals surface area contributed by atoms with E-state index in [0.717, 1.165) is 48.8 Å². The highest BCUT2D eigenvalue weighted by molar-refractivity contribution is 5.66. The molecule has 0 spiro atoms. The highest BCUT2D eigenvalue weighted by atomic mass is 16.3. The van der Waals surface area contributed by atoms with E-state index in [2.05, 4.69) is 33.5 Å². The van der Waals surface area contributed by atoms with Gasteiger partial charge in [0.1, 0.15) is 23.5 Å². The molecule has 1 unspecified atom stereocenters. The highest BCUT2D eigenvalue weighted by Crippen LogP contribution is 2.32. The molecule has 0 aliphatic carbocycles. The Morgan fingerprint density at radius 2 is 2.23 bits per heavy atom. The molecule has 138 valence electrons. The normalized spacial score (nSPS) is 15.2. The number of aliphatic hydroxyl groups is 1. The summed E-state index contributed by atoms with van der Waals surface area (Å²) in [6.45, 7) is 7.37. The van der Waals surface area contributed by atoms with E-state index in [9.17, 15) is 10.4 Å². The Morgan fingerprint density at radius 3 is 2.88 bits per heavy atom. The van der Waals surface area contributed by atoms with Crippen LogP contribution in [0.3, 0.4) is 0 Å². The molecule has 3 N–H and O–H groups in total. The number of nitrogens with zero attached hydrogens (tertiary/aromatic N) is 3. The van der Waals surface area contributed by atoms with Crippen LogP contribution in [0.15, 0.2) is 22.8 Å². The van der Waals surface area contributed by atoms with E-state index in [1.54, 1.807) is 13.2 Å². The monoisotopic (exact) mass is 355 g/mol. The van der Waals surface area contributed by atoms with Crippen molar-refractivity contribution in [1.29, 1.82) is 5.26 Å². The fourth-order valence-corrected chi connectivity index (χ4v) is 3.18. The van der Waals surface area contributed by atoms with Gasteiger partial charge in [0, 0.05) is 25.2 Å². The largest absolute Gasteiger partial charge is 0.467 e. The number of aliphatic hydroxyl groups excluding tert-OH is 1. The SMILES string of the molecule is CCN1CCc2c(C#N)c(NCC(C)O)nc(NCc3ccco3)c2C1. The topological polar surface area (TPSA) is 97.4 Å². The molecule has 0 saturated heterocycles. The van der Waals surface area contributed by atoms with Crippen molar-refractivity contribution < 1.29 is 9.52 Å². The van der Waals surface area contributed by atoms with Crippen LogP contribution in [0.25, 0.3) is 0 Å². The van der Waals surface area contributed by atoms with Crippen molar-refractivity contribution in [3.8, 4) is 6.07 Å². The molecule has 0 amide bonds. The van der Waals surface area contributed by atoms with Crippen LogP contribution in [0, 0.1) is 11.3 Å². The van der Waals surface area contributed by atoms with Crippen LogP contribution in [0.4, 0.5) is 11.6 Å². The summed E-state index contributed by atoms with van der Waals surface area (Å²) in [6, 6.07) is 6.07. The van der Waals surface area contributed by atoms with Gasteiger partial charge in [-0.1, -0.05) is 6.92 Å². The van der Waals surface area contributed by atoms with Gasteiger partial charge in [-0.05, 0) is 37.6 Å². The van der Waals surface area contributed by atoms with Crippen LogP contribution in [0.1, 0.15) is 36.3 Å². The molecule has 0 radical (unpaired) electrons. The average Bonchev–Trinajstić information content (AvgIpc) is 3.17. The summed E-state index contributed by atoms with van der Waals surface area (Å²) in [4.78, 5) is 7.01. The molecule has 0 aromatic carbocycles. The van der Waals surface area contributed by atoms with Crippen molar-refractivity contribution in [3.63, 3.8) is 0 Å². The van der Waals surface area contributed by atoms with Crippen molar-refractivity contribution in [2.75, 3.05) is 30.3 Å². The number of rotatable bonds is 7. The highest BCUT2D eigenvalue weighted by Gasteiger charge is 2.25. The van der Waals surface area contributed by atoms with E-state index in [-0.39, 0.29) is 0 Å². The maximum absolute atomic E-state index is 9.69. The molecule has 3 rings (SSSR count). The van der Waals surface area contributed by atoms with Gasteiger partial charge in [0.25, 0.3) is 0 Å². The lowest BCUT2D eigenvalue weighted by molar-refractivity contribution is 0.208. The Hall–Kier alpha value is -2.56. The molecule has 7 heteroatoms. The molecule has 1 aliphatic rings. The van der Waals surface area contributed by atoms with Gasteiger partial charge in [0.15, 0.2) is 0 Å². The quantitative estimate of drug-likeness (QED) is 0.701. The number of nitriles is 1. The van der Waals surface area contributed by atoms with E-state index in [4.69, 9.17) is 4.42 Å². The van der Waals surface area contributed by atoms with Crippen LogP contribution in [-0.2, 0) is 19.5 Å². The number of nitrogens with one attached hydrogen (secondary N) is 2. The second-order valence-electron chi connectivity index (χ2n) is 6.53. The third-order valence-corrected chi connectivity index (χ3v) is 4.61. The number of fused-ring (bicyclic) bond motifs is 1. The van der Waals surface area contributed by atoms with E-state index in [1.807, 2.05) is 12.1 Å². The molecule has 7 nitrogen and oxygen atoms in total. The zero-order valence-corrected chi connectivity index (χ0v) is 15.2. The first kappa shape index (κ1) is 18.2. The second kappa shape index (κ2) is 8.21. The molecule has 1 aliphatic heterocycles. The fraction of sp³-hybridized carbons (Fsp3) is 0.474. The van der Waals surface area contributed by atoms with Crippen molar-refractivity contribution in [2.24, 2.45) is 0 Å². The summed E-state index contributed by atoms with van der Waals surface area (Å²) >= 11 is 0. The first-order valence-electron chi connectivity index (χ1n) is 8.98. The van der Waals surface area contributed by atoms with Crippen molar-refractivity contribution in [2.45, 2.75) is 39.5 Å². The Bertz CT molecular complexity index is 780. The molecule has 0 fully saturated rings. The number of likely N-dealkylation sites (N-methyl/N-ethyl adjacent to an activating group) is 1. The number of hydrogen-bond acceptors (Lipinski definition) is 7. The first-order chi connectivity index (χ1) is 12.6. The molecule has 0 saturated carbocycles. The van der Waals surface area contributed by atoms with Gasteiger partial charge in [-0.2, -0.15) is 5.26 Å². The van der Waals surface area contributed by atoms with Crippen LogP contribution in [0.2, 0.25) is 0 Å². The summed E-state index contributed by atoms with van der Waals surface area (Å²) < 4.78 is 5.39. The van der Waals surface area contributed by atoms with Gasteiger partial charge in [0.05, 0.1) is 24.5 Å². The van der Waals surface area contributed by atoms with Gasteiger partial charge >= 0.3 is 0 Å². The van der Waals surface area contributed by atoms with Gasteiger partial charge in [-0.3, -0.25) is 4.90 Å². The molecular formula is C19H25N5O2. The predicted octanol–water partition coefficient (Wildman–Crippen LogP) is 2.33. The van der Waals surface area contributed by atoms with E-state index >= 15 is 0 Å². The number of aromatic nitrogens is 1. The maximum Gasteiger partial charge on any atom is 0.146 e. The van der Waals surface area contributed by atoms with Crippen molar-refractivity contribution in [3.05, 3.63) is 40.8 Å². The summed E-state index contributed by atoms with van der Waals surface area (Å²) in [6.07, 6.45) is 1.94. The van der Waals surface area contributed by atoms with Crippen molar-refractivity contribution >= 4 is 11.6 Å². The lowest BCUT2D eigenvalue weighted by Crippen LogP contribution is -2.32. The number of furan rings is 1. The zero-order chi connectivity index (χ0) is 18.5. The summed E-state index contributed by atoms with van der Waals surface area (Å²) in [7, 11) is 0. The van der Waals surface area contributed by atoms with Crippen LogP contribution < -0.4 is 10.6 Å². The molecular weight excluding hydrogens is 330 g/mol. The van der Waals surface area contributed by atoms with E-state index < -0.39 is 6.10 Å². The lowest BCUT2D eigenvalue weighted by Gasteiger charge is -2.30. The molecule has 2 aromatic rings. The van der Waals surface area contributed by atoms with E-state index in [1.165, 1.54) is 0 Å². The Kier molecular flexibility index (Phi) is 5.76. The minimum atomic E-state index is -0.519. The molecule has 3 heterocycles. The standard InChI is InChI=1S/C19H25N5O2/c1-3-24-7-6-15-16(9-20)18(21-10-13(2)25)23-19(17(15)12-24)22-11-14-5-4-8-26-14/h4-5,8,13,25H,3,6-7,10-12H2,1-2H3,(H2,21,22,23). The fourth-order valence-electron chi connectivity index (χ4n) is 3.18. The molecule has 2 aromatic heterocycles. The lowest BCUT2D eigenvalue weighted by atomic mass is 9.95.